The molecule has 0 aliphatic carbocycles. The van der Waals surface area contributed by atoms with Gasteiger partial charge in [0.1, 0.15) is 0 Å². The highest BCUT2D eigenvalue weighted by atomic mass is 16.2. The molecule has 2 bridgehead atoms. The second-order valence-corrected chi connectivity index (χ2v) is 9.48. The van der Waals surface area contributed by atoms with E-state index < -0.39 is 0 Å². The summed E-state index contributed by atoms with van der Waals surface area (Å²) in [5.41, 5.74) is 1.58. The van der Waals surface area contributed by atoms with Gasteiger partial charge in [-0.3, -0.25) is 14.6 Å². The van der Waals surface area contributed by atoms with Crippen molar-refractivity contribution < 1.29 is 4.79 Å². The minimum absolute atomic E-state index is 0.217. The van der Waals surface area contributed by atoms with Gasteiger partial charge in [0.25, 0.3) is 0 Å². The first-order valence-corrected chi connectivity index (χ1v) is 11.2. The Morgan fingerprint density at radius 3 is 2.65 bits per heavy atom. The summed E-state index contributed by atoms with van der Waals surface area (Å²) in [5.74, 6) is 1.90. The van der Waals surface area contributed by atoms with Crippen LogP contribution in [0.5, 0.6) is 0 Å². The summed E-state index contributed by atoms with van der Waals surface area (Å²) in [7, 11) is 0. The van der Waals surface area contributed by atoms with Crippen molar-refractivity contribution in [3.63, 3.8) is 0 Å². The summed E-state index contributed by atoms with van der Waals surface area (Å²) < 4.78 is 0. The van der Waals surface area contributed by atoms with Gasteiger partial charge < -0.3 is 4.90 Å². The fourth-order valence-corrected chi connectivity index (χ4v) is 7.05. The van der Waals surface area contributed by atoms with Crippen molar-refractivity contribution >= 4 is 5.91 Å². The lowest BCUT2D eigenvalue weighted by molar-refractivity contribution is -0.127. The highest BCUT2D eigenvalue weighted by Gasteiger charge is 2.52. The Hall–Kier alpha value is -0.870. The quantitative estimate of drug-likeness (QED) is 0.721. The van der Waals surface area contributed by atoms with Crippen LogP contribution in [0.15, 0.2) is 11.8 Å². The van der Waals surface area contributed by atoms with Gasteiger partial charge in [-0.15, -0.1) is 0 Å². The average molecular weight is 358 g/mol. The monoisotopic (exact) mass is 357 g/mol. The van der Waals surface area contributed by atoms with Gasteiger partial charge >= 0.3 is 0 Å². The van der Waals surface area contributed by atoms with Gasteiger partial charge in [0.2, 0.25) is 5.91 Å². The fourth-order valence-electron chi connectivity index (χ4n) is 7.05. The molecule has 5 aliphatic heterocycles. The Bertz CT molecular complexity index is 586. The first-order valence-electron chi connectivity index (χ1n) is 11.2. The molecule has 4 heteroatoms. The summed E-state index contributed by atoms with van der Waals surface area (Å²) in [6.45, 7) is 6.61. The largest absolute Gasteiger partial charge is 0.319 e. The molecule has 0 aromatic carbocycles. The fraction of sp³-hybridized carbons (Fsp3) is 0.864. The lowest BCUT2D eigenvalue weighted by Gasteiger charge is -2.61. The Morgan fingerprint density at radius 2 is 1.81 bits per heavy atom. The molecule has 5 atom stereocenters. The van der Waals surface area contributed by atoms with Crippen LogP contribution in [0.4, 0.5) is 0 Å². The van der Waals surface area contributed by atoms with Crippen LogP contribution < -0.4 is 0 Å². The normalized spacial score (nSPS) is 41.2. The zero-order valence-corrected chi connectivity index (χ0v) is 16.4. The number of carbonyl (C=O) groups excluding carboxylic acids is 1. The molecule has 144 valence electrons. The van der Waals surface area contributed by atoms with E-state index in [1.807, 2.05) is 4.90 Å². The van der Waals surface area contributed by atoms with Gasteiger partial charge in [0, 0.05) is 44.3 Å². The van der Waals surface area contributed by atoms with Gasteiger partial charge in [-0.1, -0.05) is 12.8 Å². The van der Waals surface area contributed by atoms with Gasteiger partial charge in [0.15, 0.2) is 0 Å². The predicted octanol–water partition coefficient (Wildman–Crippen LogP) is 3.24. The minimum Gasteiger partial charge on any atom is -0.319 e. The zero-order chi connectivity index (χ0) is 17.7. The molecule has 5 rings (SSSR count). The van der Waals surface area contributed by atoms with E-state index in [1.54, 1.807) is 12.5 Å². The zero-order valence-electron chi connectivity index (χ0n) is 16.4. The first kappa shape index (κ1) is 17.2. The topological polar surface area (TPSA) is 26.8 Å². The van der Waals surface area contributed by atoms with E-state index in [4.69, 9.17) is 0 Å². The molecule has 1 amide bonds. The number of fused-ring (bicyclic) bond motifs is 6. The van der Waals surface area contributed by atoms with E-state index in [1.165, 1.54) is 71.0 Å². The van der Waals surface area contributed by atoms with Crippen molar-refractivity contribution in [3.8, 4) is 0 Å². The molecular weight excluding hydrogens is 322 g/mol. The van der Waals surface area contributed by atoms with Crippen LogP contribution >= 0.6 is 0 Å². The van der Waals surface area contributed by atoms with E-state index in [-0.39, 0.29) is 5.91 Å². The molecule has 0 saturated carbocycles. The molecule has 5 aliphatic rings. The van der Waals surface area contributed by atoms with E-state index >= 15 is 0 Å². The third-order valence-corrected chi connectivity index (χ3v) is 8.07. The maximum absolute atomic E-state index is 12.0. The van der Waals surface area contributed by atoms with Crippen molar-refractivity contribution in [1.82, 2.24) is 14.7 Å². The SMILES string of the molecule is CC(=O)N1C=C(C2C3CC(CN4CCCCC34)C3CCCCN32)CCC1. The van der Waals surface area contributed by atoms with Crippen LogP contribution in [-0.4, -0.2) is 64.9 Å². The highest BCUT2D eigenvalue weighted by molar-refractivity contribution is 5.74. The summed E-state index contributed by atoms with van der Waals surface area (Å²) >= 11 is 0. The lowest BCUT2D eigenvalue weighted by atomic mass is 9.65. The average Bonchev–Trinajstić information content (AvgIpc) is 2.68. The summed E-state index contributed by atoms with van der Waals surface area (Å²) in [6.07, 6.45) is 14.4. The first-order chi connectivity index (χ1) is 12.7. The van der Waals surface area contributed by atoms with Crippen LogP contribution in [0.3, 0.4) is 0 Å². The third-order valence-electron chi connectivity index (χ3n) is 8.07. The van der Waals surface area contributed by atoms with Crippen molar-refractivity contribution in [2.75, 3.05) is 26.2 Å². The number of hydrogen-bond acceptors (Lipinski definition) is 3. The van der Waals surface area contributed by atoms with Gasteiger partial charge in [0.05, 0.1) is 0 Å². The third kappa shape index (κ3) is 2.84. The van der Waals surface area contributed by atoms with E-state index in [2.05, 4.69) is 16.0 Å². The minimum atomic E-state index is 0.217. The van der Waals surface area contributed by atoms with Crippen molar-refractivity contribution in [2.45, 2.75) is 82.8 Å². The molecule has 4 nitrogen and oxygen atoms in total. The van der Waals surface area contributed by atoms with Crippen LogP contribution in [-0.2, 0) is 4.79 Å². The molecule has 0 N–H and O–H groups in total. The van der Waals surface area contributed by atoms with Crippen LogP contribution in [0.25, 0.3) is 0 Å². The predicted molar refractivity (Wildman–Crippen MR) is 104 cm³/mol. The van der Waals surface area contributed by atoms with Crippen molar-refractivity contribution in [1.29, 1.82) is 0 Å². The standard InChI is InChI=1S/C22H35N3O/c1-16(26)23-11-6-7-17(14-23)22-19-13-18(20-8-3-5-12-25(20)22)15-24-10-4-2-9-21(19)24/h14,18-22H,2-13,15H2,1H3. The number of piperidine rings is 4. The summed E-state index contributed by atoms with van der Waals surface area (Å²) in [5, 5.41) is 0. The van der Waals surface area contributed by atoms with Crippen LogP contribution in [0.2, 0.25) is 0 Å². The molecule has 0 spiro atoms. The Kier molecular flexibility index (Phi) is 4.60. The van der Waals surface area contributed by atoms with Crippen LogP contribution in [0.1, 0.15) is 64.7 Å². The van der Waals surface area contributed by atoms with E-state index in [9.17, 15) is 4.79 Å². The molecular formula is C22H35N3O. The van der Waals surface area contributed by atoms with Crippen molar-refractivity contribution in [3.05, 3.63) is 11.8 Å². The second-order valence-electron chi connectivity index (χ2n) is 9.48. The smallest absolute Gasteiger partial charge is 0.223 e. The molecule has 5 heterocycles. The van der Waals surface area contributed by atoms with Gasteiger partial charge in [-0.2, -0.15) is 0 Å². The number of hydrogen-bond donors (Lipinski definition) is 0. The molecule has 0 aromatic heterocycles. The molecule has 4 fully saturated rings. The maximum Gasteiger partial charge on any atom is 0.223 e. The van der Waals surface area contributed by atoms with Gasteiger partial charge in [-0.25, -0.2) is 0 Å². The molecule has 5 unspecified atom stereocenters. The Morgan fingerprint density at radius 1 is 1.00 bits per heavy atom. The Labute approximate surface area is 158 Å². The molecule has 0 radical (unpaired) electrons. The maximum atomic E-state index is 12.0. The number of amides is 1. The number of rotatable bonds is 1. The van der Waals surface area contributed by atoms with Crippen LogP contribution in [0, 0.1) is 11.8 Å². The summed E-state index contributed by atoms with van der Waals surface area (Å²) in [4.78, 5) is 19.8. The lowest BCUT2D eigenvalue weighted by Crippen LogP contribution is -2.67. The highest BCUT2D eigenvalue weighted by Crippen LogP contribution is 2.48. The number of carbonyl (C=O) groups is 1. The Balaban J connectivity index is 1.51. The van der Waals surface area contributed by atoms with Gasteiger partial charge in [-0.05, 0) is 75.4 Å². The van der Waals surface area contributed by atoms with Crippen molar-refractivity contribution in [2.24, 2.45) is 11.8 Å². The second kappa shape index (κ2) is 6.94. The molecule has 0 aromatic rings. The molecule has 4 saturated heterocycles. The summed E-state index contributed by atoms with van der Waals surface area (Å²) in [6, 6.07) is 2.19. The number of nitrogens with zero attached hydrogens (tertiary/aromatic N) is 3. The van der Waals surface area contributed by atoms with E-state index in [0.29, 0.717) is 6.04 Å². The van der Waals surface area contributed by atoms with E-state index in [0.717, 1.165) is 36.9 Å². The molecule has 26 heavy (non-hydrogen) atoms.